The highest BCUT2D eigenvalue weighted by atomic mass is 16.5. The summed E-state index contributed by atoms with van der Waals surface area (Å²) in [6.45, 7) is 1.94. The van der Waals surface area contributed by atoms with E-state index in [0.29, 0.717) is 5.92 Å². The number of ether oxygens (including phenoxy) is 1. The van der Waals surface area contributed by atoms with Gasteiger partial charge in [0.05, 0.1) is 18.1 Å². The molecule has 2 aromatic carbocycles. The number of imidazole rings is 1. The Bertz CT molecular complexity index is 1070. The third-order valence-electron chi connectivity index (χ3n) is 5.43. The van der Waals surface area contributed by atoms with Crippen molar-refractivity contribution in [1.29, 1.82) is 0 Å². The molecular formula is C22H22N4O. The van der Waals surface area contributed by atoms with Gasteiger partial charge < -0.3 is 14.6 Å². The van der Waals surface area contributed by atoms with Crippen LogP contribution in [0.4, 0.5) is 5.82 Å². The SMILES string of the molecule is COc1cccc2ccc(N3CCC[C@H](c4nc5ccccc5[nH]4)C3)nc12. The Morgan fingerprint density at radius 3 is 2.85 bits per heavy atom. The second kappa shape index (κ2) is 6.58. The van der Waals surface area contributed by atoms with E-state index in [0.717, 1.165) is 65.3 Å². The molecule has 1 aliphatic rings. The number of nitrogens with zero attached hydrogens (tertiary/aromatic N) is 3. The van der Waals surface area contributed by atoms with Gasteiger partial charge in [-0.15, -0.1) is 0 Å². The second-order valence-electron chi connectivity index (χ2n) is 7.13. The van der Waals surface area contributed by atoms with Crippen molar-refractivity contribution in [3.8, 4) is 5.75 Å². The third kappa shape index (κ3) is 2.89. The predicted molar refractivity (Wildman–Crippen MR) is 109 cm³/mol. The molecule has 5 nitrogen and oxygen atoms in total. The van der Waals surface area contributed by atoms with Gasteiger partial charge in [-0.1, -0.05) is 24.3 Å². The van der Waals surface area contributed by atoms with E-state index in [9.17, 15) is 0 Å². The summed E-state index contributed by atoms with van der Waals surface area (Å²) in [5, 5.41) is 1.10. The largest absolute Gasteiger partial charge is 0.494 e. The number of hydrogen-bond acceptors (Lipinski definition) is 4. The Labute approximate surface area is 158 Å². The van der Waals surface area contributed by atoms with Crippen molar-refractivity contribution in [2.75, 3.05) is 25.1 Å². The zero-order chi connectivity index (χ0) is 18.2. The molecule has 4 aromatic rings. The summed E-state index contributed by atoms with van der Waals surface area (Å²) in [6, 6.07) is 18.5. The molecule has 5 heteroatoms. The zero-order valence-electron chi connectivity index (χ0n) is 15.4. The fraction of sp³-hybridized carbons (Fsp3) is 0.273. The second-order valence-corrected chi connectivity index (χ2v) is 7.13. The molecule has 136 valence electrons. The van der Waals surface area contributed by atoms with Gasteiger partial charge in [0.2, 0.25) is 0 Å². The van der Waals surface area contributed by atoms with Crippen molar-refractivity contribution in [3.63, 3.8) is 0 Å². The summed E-state index contributed by atoms with van der Waals surface area (Å²) in [7, 11) is 1.70. The number of pyridine rings is 1. The van der Waals surface area contributed by atoms with Crippen LogP contribution in [0.25, 0.3) is 21.9 Å². The minimum atomic E-state index is 0.390. The number of aromatic nitrogens is 3. The highest BCUT2D eigenvalue weighted by molar-refractivity contribution is 5.86. The zero-order valence-corrected chi connectivity index (χ0v) is 15.4. The third-order valence-corrected chi connectivity index (χ3v) is 5.43. The first kappa shape index (κ1) is 16.1. The van der Waals surface area contributed by atoms with Gasteiger partial charge in [-0.2, -0.15) is 0 Å². The molecule has 5 rings (SSSR count). The van der Waals surface area contributed by atoms with Crippen LogP contribution >= 0.6 is 0 Å². The molecule has 0 amide bonds. The lowest BCUT2D eigenvalue weighted by molar-refractivity contribution is 0.419. The van der Waals surface area contributed by atoms with Crippen LogP contribution in [0.5, 0.6) is 5.75 Å². The van der Waals surface area contributed by atoms with Crippen molar-refractivity contribution in [2.24, 2.45) is 0 Å². The van der Waals surface area contributed by atoms with E-state index < -0.39 is 0 Å². The van der Waals surface area contributed by atoms with Gasteiger partial charge in [0.15, 0.2) is 0 Å². The van der Waals surface area contributed by atoms with Crippen molar-refractivity contribution in [3.05, 3.63) is 60.4 Å². The van der Waals surface area contributed by atoms with E-state index in [2.05, 4.69) is 40.2 Å². The standard InChI is InChI=1S/C22H22N4O/c1-27-19-10-4-6-15-11-12-20(25-21(15)19)26-13-5-7-16(14-26)22-23-17-8-2-3-9-18(17)24-22/h2-4,6,8-12,16H,5,7,13-14H2,1H3,(H,23,24)/t16-/m0/s1. The highest BCUT2D eigenvalue weighted by Gasteiger charge is 2.25. The van der Waals surface area contributed by atoms with Crippen LogP contribution in [0.15, 0.2) is 54.6 Å². The van der Waals surface area contributed by atoms with E-state index in [1.165, 1.54) is 0 Å². The summed E-state index contributed by atoms with van der Waals surface area (Å²) >= 11 is 0. The average Bonchev–Trinajstić information content (AvgIpc) is 3.17. The molecular weight excluding hydrogens is 336 g/mol. The molecule has 1 aliphatic heterocycles. The molecule has 1 N–H and O–H groups in total. The molecule has 0 saturated carbocycles. The molecule has 1 fully saturated rings. The molecule has 3 heterocycles. The maximum Gasteiger partial charge on any atom is 0.145 e. The number of methoxy groups -OCH3 is 1. The predicted octanol–water partition coefficient (Wildman–Crippen LogP) is 4.50. The Kier molecular flexibility index (Phi) is 3.93. The molecule has 0 bridgehead atoms. The first-order valence-electron chi connectivity index (χ1n) is 9.45. The smallest absolute Gasteiger partial charge is 0.145 e. The summed E-state index contributed by atoms with van der Waals surface area (Å²) in [5.74, 6) is 3.30. The number of anilines is 1. The van der Waals surface area contributed by atoms with Crippen molar-refractivity contribution >= 4 is 27.8 Å². The van der Waals surface area contributed by atoms with Gasteiger partial charge in [-0.05, 0) is 43.2 Å². The van der Waals surface area contributed by atoms with Crippen molar-refractivity contribution in [1.82, 2.24) is 15.0 Å². The Morgan fingerprint density at radius 2 is 1.96 bits per heavy atom. The summed E-state index contributed by atoms with van der Waals surface area (Å²) < 4.78 is 5.50. The minimum Gasteiger partial charge on any atom is -0.494 e. The number of hydrogen-bond donors (Lipinski definition) is 1. The maximum absolute atomic E-state index is 5.50. The lowest BCUT2D eigenvalue weighted by atomic mass is 9.97. The normalized spacial score (nSPS) is 17.5. The Balaban J connectivity index is 1.46. The van der Waals surface area contributed by atoms with Crippen LogP contribution in [0.3, 0.4) is 0 Å². The summed E-state index contributed by atoms with van der Waals surface area (Å²) in [4.78, 5) is 15.6. The lowest BCUT2D eigenvalue weighted by Crippen LogP contribution is -2.35. The van der Waals surface area contributed by atoms with Gasteiger partial charge in [-0.3, -0.25) is 0 Å². The highest BCUT2D eigenvalue weighted by Crippen LogP contribution is 2.31. The Hall–Kier alpha value is -3.08. The van der Waals surface area contributed by atoms with Gasteiger partial charge in [-0.25, -0.2) is 9.97 Å². The molecule has 27 heavy (non-hydrogen) atoms. The number of nitrogens with one attached hydrogen (secondary N) is 1. The minimum absolute atomic E-state index is 0.390. The lowest BCUT2D eigenvalue weighted by Gasteiger charge is -2.32. The number of rotatable bonds is 3. The molecule has 0 radical (unpaired) electrons. The van der Waals surface area contributed by atoms with Crippen LogP contribution < -0.4 is 9.64 Å². The van der Waals surface area contributed by atoms with Crippen molar-refractivity contribution in [2.45, 2.75) is 18.8 Å². The number of benzene rings is 2. The molecule has 1 saturated heterocycles. The van der Waals surface area contributed by atoms with E-state index in [-0.39, 0.29) is 0 Å². The molecule has 0 aliphatic carbocycles. The molecule has 2 aromatic heterocycles. The fourth-order valence-electron chi connectivity index (χ4n) is 4.02. The number of H-pyrrole nitrogens is 1. The monoisotopic (exact) mass is 358 g/mol. The number of para-hydroxylation sites is 3. The van der Waals surface area contributed by atoms with Crippen LogP contribution in [-0.4, -0.2) is 35.2 Å². The van der Waals surface area contributed by atoms with Gasteiger partial charge in [0.1, 0.15) is 22.9 Å². The maximum atomic E-state index is 5.50. The fourth-order valence-corrected chi connectivity index (χ4v) is 4.02. The number of aromatic amines is 1. The van der Waals surface area contributed by atoms with Gasteiger partial charge in [0.25, 0.3) is 0 Å². The number of piperidine rings is 1. The topological polar surface area (TPSA) is 54.0 Å². The van der Waals surface area contributed by atoms with Gasteiger partial charge in [0, 0.05) is 24.4 Å². The van der Waals surface area contributed by atoms with Crippen LogP contribution in [0.2, 0.25) is 0 Å². The summed E-state index contributed by atoms with van der Waals surface area (Å²) in [5.41, 5.74) is 3.07. The summed E-state index contributed by atoms with van der Waals surface area (Å²) in [6.07, 6.45) is 2.28. The molecule has 0 unspecified atom stereocenters. The van der Waals surface area contributed by atoms with E-state index in [1.54, 1.807) is 7.11 Å². The van der Waals surface area contributed by atoms with Crippen LogP contribution in [0, 0.1) is 0 Å². The van der Waals surface area contributed by atoms with E-state index in [4.69, 9.17) is 14.7 Å². The molecule has 0 spiro atoms. The van der Waals surface area contributed by atoms with E-state index >= 15 is 0 Å². The quantitative estimate of drug-likeness (QED) is 0.586. The first-order valence-corrected chi connectivity index (χ1v) is 9.45. The van der Waals surface area contributed by atoms with Crippen molar-refractivity contribution < 1.29 is 4.74 Å². The first-order chi connectivity index (χ1) is 13.3. The molecule has 1 atom stereocenters. The number of fused-ring (bicyclic) bond motifs is 2. The van der Waals surface area contributed by atoms with Gasteiger partial charge >= 0.3 is 0 Å². The Morgan fingerprint density at radius 1 is 1.04 bits per heavy atom. The van der Waals surface area contributed by atoms with E-state index in [1.807, 2.05) is 24.3 Å². The average molecular weight is 358 g/mol. The van der Waals surface area contributed by atoms with Crippen LogP contribution in [-0.2, 0) is 0 Å². The van der Waals surface area contributed by atoms with Crippen LogP contribution in [0.1, 0.15) is 24.6 Å².